The van der Waals surface area contributed by atoms with Gasteiger partial charge in [-0.15, -0.1) is 0 Å². The molecule has 1 fully saturated rings. The first-order chi connectivity index (χ1) is 13.2. The number of carbonyl (C=O) groups excluding carboxylic acids is 1. The molecule has 0 aromatic heterocycles. The van der Waals surface area contributed by atoms with Gasteiger partial charge < -0.3 is 19.3 Å². The number of benzene rings is 2. The lowest BCUT2D eigenvalue weighted by molar-refractivity contribution is -0.129. The van der Waals surface area contributed by atoms with Gasteiger partial charge in [0.05, 0.1) is 26.2 Å². The topological polar surface area (TPSA) is 42.0 Å². The standard InChI is InChI=1S/C22H28N2O3/c1-3-27-21-10-6-18(7-11-21)16-22(25)23(2)17-19-4-8-20(9-5-19)24-12-14-26-15-13-24/h4-11H,3,12-17H2,1-2H3. The van der Waals surface area contributed by atoms with E-state index in [4.69, 9.17) is 9.47 Å². The maximum Gasteiger partial charge on any atom is 0.227 e. The number of rotatable bonds is 7. The SMILES string of the molecule is CCOc1ccc(CC(=O)N(C)Cc2ccc(N3CCOCC3)cc2)cc1. The lowest BCUT2D eigenvalue weighted by Crippen LogP contribution is -2.36. The molecule has 0 radical (unpaired) electrons. The van der Waals surface area contributed by atoms with Crippen molar-refractivity contribution >= 4 is 11.6 Å². The van der Waals surface area contributed by atoms with Gasteiger partial charge in [-0.2, -0.15) is 0 Å². The maximum atomic E-state index is 12.5. The average Bonchev–Trinajstić information content (AvgIpc) is 2.71. The number of carbonyl (C=O) groups is 1. The zero-order valence-electron chi connectivity index (χ0n) is 16.2. The highest BCUT2D eigenvalue weighted by molar-refractivity contribution is 5.78. The van der Waals surface area contributed by atoms with Crippen molar-refractivity contribution in [1.29, 1.82) is 0 Å². The van der Waals surface area contributed by atoms with Gasteiger partial charge in [0.2, 0.25) is 5.91 Å². The largest absolute Gasteiger partial charge is 0.494 e. The Hall–Kier alpha value is -2.53. The van der Waals surface area contributed by atoms with Gasteiger partial charge in [-0.1, -0.05) is 24.3 Å². The van der Waals surface area contributed by atoms with Crippen LogP contribution in [0.15, 0.2) is 48.5 Å². The average molecular weight is 368 g/mol. The summed E-state index contributed by atoms with van der Waals surface area (Å²) >= 11 is 0. The summed E-state index contributed by atoms with van der Waals surface area (Å²) in [6.07, 6.45) is 0.398. The maximum absolute atomic E-state index is 12.5. The van der Waals surface area contributed by atoms with Crippen molar-refractivity contribution in [1.82, 2.24) is 4.90 Å². The Kier molecular flexibility index (Phi) is 6.71. The van der Waals surface area contributed by atoms with Crippen molar-refractivity contribution < 1.29 is 14.3 Å². The number of anilines is 1. The Bertz CT molecular complexity index is 722. The van der Waals surface area contributed by atoms with E-state index in [2.05, 4.69) is 29.2 Å². The lowest BCUT2D eigenvalue weighted by atomic mass is 10.1. The number of ether oxygens (including phenoxy) is 2. The van der Waals surface area contributed by atoms with Crippen molar-refractivity contribution in [2.24, 2.45) is 0 Å². The van der Waals surface area contributed by atoms with E-state index in [0.29, 0.717) is 19.6 Å². The minimum absolute atomic E-state index is 0.108. The molecule has 2 aromatic carbocycles. The fourth-order valence-electron chi connectivity index (χ4n) is 3.18. The van der Waals surface area contributed by atoms with Crippen LogP contribution in [0.25, 0.3) is 0 Å². The third kappa shape index (κ3) is 5.47. The van der Waals surface area contributed by atoms with Crippen molar-refractivity contribution in [3.8, 4) is 5.75 Å². The van der Waals surface area contributed by atoms with Crippen LogP contribution >= 0.6 is 0 Å². The monoisotopic (exact) mass is 368 g/mol. The summed E-state index contributed by atoms with van der Waals surface area (Å²) in [6, 6.07) is 16.2. The van der Waals surface area contributed by atoms with Gasteiger partial charge in [-0.25, -0.2) is 0 Å². The molecule has 144 valence electrons. The van der Waals surface area contributed by atoms with E-state index in [0.717, 1.165) is 43.2 Å². The second-order valence-corrected chi connectivity index (χ2v) is 6.77. The van der Waals surface area contributed by atoms with E-state index in [-0.39, 0.29) is 5.91 Å². The van der Waals surface area contributed by atoms with Gasteiger partial charge in [0.15, 0.2) is 0 Å². The minimum atomic E-state index is 0.108. The van der Waals surface area contributed by atoms with Crippen LogP contribution in [0.4, 0.5) is 5.69 Å². The first-order valence-corrected chi connectivity index (χ1v) is 9.53. The van der Waals surface area contributed by atoms with Crippen LogP contribution in [-0.4, -0.2) is 50.8 Å². The van der Waals surface area contributed by atoms with Crippen LogP contribution in [0.1, 0.15) is 18.1 Å². The first-order valence-electron chi connectivity index (χ1n) is 9.53. The molecule has 1 heterocycles. The van der Waals surface area contributed by atoms with Crippen LogP contribution in [0.3, 0.4) is 0 Å². The quantitative estimate of drug-likeness (QED) is 0.753. The van der Waals surface area contributed by atoms with E-state index in [1.807, 2.05) is 38.2 Å². The Morgan fingerprint density at radius 3 is 2.30 bits per heavy atom. The number of amides is 1. The molecule has 1 saturated heterocycles. The highest BCUT2D eigenvalue weighted by Crippen LogP contribution is 2.18. The van der Waals surface area contributed by atoms with Crippen LogP contribution in [0.2, 0.25) is 0 Å². The van der Waals surface area contributed by atoms with Gasteiger partial charge in [0.25, 0.3) is 0 Å². The van der Waals surface area contributed by atoms with Crippen LogP contribution in [-0.2, 0) is 22.5 Å². The molecule has 0 atom stereocenters. The van der Waals surface area contributed by atoms with Crippen molar-refractivity contribution in [2.45, 2.75) is 19.9 Å². The molecule has 0 unspecified atom stereocenters. The first kappa shape index (κ1) is 19.2. The van der Waals surface area contributed by atoms with E-state index in [1.165, 1.54) is 5.69 Å². The molecule has 27 heavy (non-hydrogen) atoms. The van der Waals surface area contributed by atoms with Gasteiger partial charge in [0, 0.05) is 32.4 Å². The molecule has 1 aliphatic rings. The highest BCUT2D eigenvalue weighted by Gasteiger charge is 2.13. The molecular weight excluding hydrogens is 340 g/mol. The third-order valence-electron chi connectivity index (χ3n) is 4.75. The van der Waals surface area contributed by atoms with Crippen LogP contribution in [0, 0.1) is 0 Å². The summed E-state index contributed by atoms with van der Waals surface area (Å²) in [7, 11) is 1.85. The number of likely N-dealkylation sites (N-methyl/N-ethyl adjacent to an activating group) is 1. The van der Waals surface area contributed by atoms with Crippen molar-refractivity contribution in [2.75, 3.05) is 44.9 Å². The molecule has 1 aliphatic heterocycles. The molecule has 5 heteroatoms. The van der Waals surface area contributed by atoms with E-state index >= 15 is 0 Å². The molecule has 0 bridgehead atoms. The molecule has 0 saturated carbocycles. The Morgan fingerprint density at radius 2 is 1.67 bits per heavy atom. The summed E-state index contributed by atoms with van der Waals surface area (Å²) in [5, 5.41) is 0. The molecule has 5 nitrogen and oxygen atoms in total. The second kappa shape index (κ2) is 9.42. The molecule has 3 rings (SSSR count). The van der Waals surface area contributed by atoms with Crippen LogP contribution < -0.4 is 9.64 Å². The number of nitrogens with zero attached hydrogens (tertiary/aromatic N) is 2. The van der Waals surface area contributed by atoms with Crippen molar-refractivity contribution in [3.63, 3.8) is 0 Å². The zero-order chi connectivity index (χ0) is 19.1. The molecular formula is C22H28N2O3. The summed E-state index contributed by atoms with van der Waals surface area (Å²) in [4.78, 5) is 16.6. The summed E-state index contributed by atoms with van der Waals surface area (Å²) in [5.41, 5.74) is 3.35. The Labute approximate surface area is 161 Å². The number of morpholine rings is 1. The van der Waals surface area contributed by atoms with Gasteiger partial charge >= 0.3 is 0 Å². The third-order valence-corrected chi connectivity index (χ3v) is 4.75. The number of hydrogen-bond acceptors (Lipinski definition) is 4. The molecule has 1 amide bonds. The molecule has 0 aliphatic carbocycles. The Morgan fingerprint density at radius 1 is 1.04 bits per heavy atom. The van der Waals surface area contributed by atoms with Crippen LogP contribution in [0.5, 0.6) is 5.75 Å². The zero-order valence-corrected chi connectivity index (χ0v) is 16.2. The smallest absolute Gasteiger partial charge is 0.227 e. The van der Waals surface area contributed by atoms with Gasteiger partial charge in [-0.05, 0) is 42.3 Å². The van der Waals surface area contributed by atoms with Gasteiger partial charge in [0.1, 0.15) is 5.75 Å². The normalized spacial score (nSPS) is 14.1. The molecule has 0 N–H and O–H groups in total. The molecule has 2 aromatic rings. The predicted octanol–water partition coefficient (Wildman–Crippen LogP) is 3.12. The van der Waals surface area contributed by atoms with Gasteiger partial charge in [-0.3, -0.25) is 4.79 Å². The van der Waals surface area contributed by atoms with E-state index < -0.39 is 0 Å². The fraction of sp³-hybridized carbons (Fsp3) is 0.409. The van der Waals surface area contributed by atoms with Crippen molar-refractivity contribution in [3.05, 3.63) is 59.7 Å². The molecule has 0 spiro atoms. The highest BCUT2D eigenvalue weighted by atomic mass is 16.5. The van der Waals surface area contributed by atoms with E-state index in [1.54, 1.807) is 4.90 Å². The predicted molar refractivity (Wildman–Crippen MR) is 107 cm³/mol. The summed E-state index contributed by atoms with van der Waals surface area (Å²) in [5.74, 6) is 0.943. The lowest BCUT2D eigenvalue weighted by Gasteiger charge is -2.29. The second-order valence-electron chi connectivity index (χ2n) is 6.77. The van der Waals surface area contributed by atoms with E-state index in [9.17, 15) is 4.79 Å². The fourth-order valence-corrected chi connectivity index (χ4v) is 3.18. The summed E-state index contributed by atoms with van der Waals surface area (Å²) < 4.78 is 10.8. The number of hydrogen-bond donors (Lipinski definition) is 0. The minimum Gasteiger partial charge on any atom is -0.494 e. The Balaban J connectivity index is 1.52. The summed E-state index contributed by atoms with van der Waals surface area (Å²) in [6.45, 7) is 6.64.